The van der Waals surface area contributed by atoms with Gasteiger partial charge in [-0.15, -0.1) is 0 Å². The van der Waals surface area contributed by atoms with Gasteiger partial charge in [0.05, 0.1) is 5.92 Å². The summed E-state index contributed by atoms with van der Waals surface area (Å²) in [4.78, 5) is 38.5. The van der Waals surface area contributed by atoms with Crippen LogP contribution in [-0.2, 0) is 14.3 Å². The summed E-state index contributed by atoms with van der Waals surface area (Å²) in [7, 11) is 0. The number of nitrogens with zero attached hydrogens (tertiary/aromatic N) is 1. The molecule has 0 saturated carbocycles. The number of carboxylic acid groups (broad SMARTS) is 1. The number of carbonyl (C=O) groups is 3. The van der Waals surface area contributed by atoms with E-state index in [0.29, 0.717) is 19.4 Å². The first kappa shape index (κ1) is 24.8. The Morgan fingerprint density at radius 3 is 2.23 bits per heavy atom. The van der Waals surface area contributed by atoms with Gasteiger partial charge >= 0.3 is 12.1 Å². The molecule has 1 saturated heterocycles. The Kier molecular flexibility index (Phi) is 7.15. The number of hydrogen-bond acceptors (Lipinski definition) is 4. The summed E-state index contributed by atoms with van der Waals surface area (Å²) >= 11 is 0. The van der Waals surface area contributed by atoms with Crippen LogP contribution in [0.1, 0.15) is 57.1 Å². The van der Waals surface area contributed by atoms with Gasteiger partial charge in [0, 0.05) is 31.5 Å². The third kappa shape index (κ3) is 5.19. The molecule has 2 atom stereocenters. The zero-order chi connectivity index (χ0) is 25.2. The van der Waals surface area contributed by atoms with E-state index in [-0.39, 0.29) is 37.4 Å². The van der Waals surface area contributed by atoms with Crippen molar-refractivity contribution in [1.29, 1.82) is 0 Å². The zero-order valence-corrected chi connectivity index (χ0v) is 20.6. The average molecular weight is 479 g/mol. The Labute approximate surface area is 206 Å². The van der Waals surface area contributed by atoms with Crippen LogP contribution >= 0.6 is 0 Å². The van der Waals surface area contributed by atoms with Crippen LogP contribution in [0.15, 0.2) is 48.5 Å². The third-order valence-corrected chi connectivity index (χ3v) is 7.46. The lowest BCUT2D eigenvalue weighted by atomic mass is 9.82. The van der Waals surface area contributed by atoms with E-state index in [9.17, 15) is 19.5 Å². The summed E-state index contributed by atoms with van der Waals surface area (Å²) in [5, 5.41) is 12.3. The van der Waals surface area contributed by atoms with Crippen molar-refractivity contribution in [2.45, 2.75) is 52.0 Å². The van der Waals surface area contributed by atoms with Crippen LogP contribution in [-0.4, -0.2) is 53.7 Å². The summed E-state index contributed by atoms with van der Waals surface area (Å²) in [5.41, 5.74) is 4.22. The number of benzene rings is 2. The van der Waals surface area contributed by atoms with Crippen molar-refractivity contribution < 1.29 is 24.2 Å². The molecule has 1 fully saturated rings. The topological polar surface area (TPSA) is 95.9 Å². The van der Waals surface area contributed by atoms with Crippen molar-refractivity contribution >= 4 is 18.0 Å². The molecule has 2 aliphatic rings. The lowest BCUT2D eigenvalue weighted by Gasteiger charge is -2.22. The molecule has 4 rings (SSSR count). The van der Waals surface area contributed by atoms with E-state index in [2.05, 4.69) is 29.6 Å². The van der Waals surface area contributed by atoms with Crippen LogP contribution in [0.25, 0.3) is 11.1 Å². The van der Waals surface area contributed by atoms with Crippen LogP contribution in [0.5, 0.6) is 0 Å². The number of alkyl carbamates (subject to hydrolysis) is 1. The molecule has 0 bridgehead atoms. The van der Waals surface area contributed by atoms with E-state index in [0.717, 1.165) is 11.1 Å². The number of likely N-dealkylation sites (tertiary alicyclic amines) is 1. The highest BCUT2D eigenvalue weighted by Crippen LogP contribution is 2.44. The minimum absolute atomic E-state index is 0.00416. The first-order chi connectivity index (χ1) is 16.7. The highest BCUT2D eigenvalue weighted by molar-refractivity contribution is 5.80. The van der Waals surface area contributed by atoms with Gasteiger partial charge < -0.3 is 20.1 Å². The van der Waals surface area contributed by atoms with E-state index in [1.165, 1.54) is 11.1 Å². The Morgan fingerprint density at radius 2 is 1.69 bits per heavy atom. The van der Waals surface area contributed by atoms with Gasteiger partial charge in [-0.25, -0.2) is 4.79 Å². The largest absolute Gasteiger partial charge is 0.481 e. The number of ether oxygens (including phenoxy) is 1. The molecule has 1 aliphatic carbocycles. The number of carboxylic acids is 1. The van der Waals surface area contributed by atoms with Crippen LogP contribution in [0.3, 0.4) is 0 Å². The molecule has 7 nitrogen and oxygen atoms in total. The van der Waals surface area contributed by atoms with Crippen molar-refractivity contribution in [2.24, 2.45) is 11.3 Å². The van der Waals surface area contributed by atoms with Crippen molar-refractivity contribution in [3.63, 3.8) is 0 Å². The average Bonchev–Trinajstić information content (AvgIpc) is 3.34. The molecule has 1 heterocycles. The Balaban J connectivity index is 1.29. The Bertz CT molecular complexity index is 1070. The fraction of sp³-hybridized carbons (Fsp3) is 0.464. The number of aliphatic carboxylic acids is 1. The second-order valence-electron chi connectivity index (χ2n) is 10.3. The first-order valence-electron chi connectivity index (χ1n) is 12.3. The molecule has 0 spiro atoms. The highest BCUT2D eigenvalue weighted by atomic mass is 16.5. The molecular formula is C28H34N2O5. The Morgan fingerprint density at radius 1 is 1.09 bits per heavy atom. The summed E-state index contributed by atoms with van der Waals surface area (Å²) in [6.45, 7) is 6.63. The maximum atomic E-state index is 12.7. The second-order valence-corrected chi connectivity index (χ2v) is 10.3. The minimum atomic E-state index is -0.867. The van der Waals surface area contributed by atoms with Gasteiger partial charge in [-0.3, -0.25) is 9.59 Å². The number of fused-ring (bicyclic) bond motifs is 3. The standard InChI is InChI=1S/C28H34N2O5/c1-4-18(13-14-25(31)30-15-24(26(32)33)28(2,3)17-30)29-27(34)35-16-23-21-11-7-5-9-19(21)20-10-6-8-12-22(20)23/h5-12,18,23-24H,4,13-17H2,1-3H3,(H,29,34)(H,32,33). The normalized spacial score (nSPS) is 19.1. The van der Waals surface area contributed by atoms with E-state index >= 15 is 0 Å². The van der Waals surface area contributed by atoms with E-state index in [1.54, 1.807) is 4.90 Å². The molecule has 2 N–H and O–H groups in total. The number of hydrogen-bond donors (Lipinski definition) is 2. The predicted octanol–water partition coefficient (Wildman–Crippen LogP) is 4.65. The van der Waals surface area contributed by atoms with Gasteiger partial charge in [-0.1, -0.05) is 69.3 Å². The van der Waals surface area contributed by atoms with Crippen molar-refractivity contribution in [3.8, 4) is 11.1 Å². The van der Waals surface area contributed by atoms with E-state index in [1.807, 2.05) is 45.0 Å². The molecular weight excluding hydrogens is 444 g/mol. The smallest absolute Gasteiger partial charge is 0.407 e. The Hall–Kier alpha value is -3.35. The lowest BCUT2D eigenvalue weighted by molar-refractivity contribution is -0.144. The van der Waals surface area contributed by atoms with Gasteiger partial charge in [0.2, 0.25) is 5.91 Å². The van der Waals surface area contributed by atoms with Gasteiger partial charge in [0.25, 0.3) is 0 Å². The van der Waals surface area contributed by atoms with Crippen LogP contribution in [0.2, 0.25) is 0 Å². The zero-order valence-electron chi connectivity index (χ0n) is 20.6. The van der Waals surface area contributed by atoms with Gasteiger partial charge in [0.15, 0.2) is 0 Å². The summed E-state index contributed by atoms with van der Waals surface area (Å²) < 4.78 is 5.64. The van der Waals surface area contributed by atoms with Crippen LogP contribution in [0, 0.1) is 11.3 Å². The molecule has 0 aromatic heterocycles. The lowest BCUT2D eigenvalue weighted by Crippen LogP contribution is -2.37. The third-order valence-electron chi connectivity index (χ3n) is 7.46. The first-order valence-corrected chi connectivity index (χ1v) is 12.3. The van der Waals surface area contributed by atoms with Crippen molar-refractivity contribution in [2.75, 3.05) is 19.7 Å². The van der Waals surface area contributed by atoms with E-state index < -0.39 is 23.4 Å². The maximum Gasteiger partial charge on any atom is 0.407 e. The van der Waals surface area contributed by atoms with Gasteiger partial charge in [0.1, 0.15) is 6.61 Å². The van der Waals surface area contributed by atoms with Crippen molar-refractivity contribution in [1.82, 2.24) is 10.2 Å². The number of carbonyl (C=O) groups excluding carboxylic acids is 2. The van der Waals surface area contributed by atoms with Crippen LogP contribution in [0.4, 0.5) is 4.79 Å². The SMILES string of the molecule is CCC(CCC(=O)N1CC(C(=O)O)C(C)(C)C1)NC(=O)OCC1c2ccccc2-c2ccccc21. The quantitative estimate of drug-likeness (QED) is 0.576. The van der Waals surface area contributed by atoms with Crippen LogP contribution < -0.4 is 5.32 Å². The molecule has 1 aliphatic heterocycles. The molecule has 35 heavy (non-hydrogen) atoms. The summed E-state index contributed by atoms with van der Waals surface area (Å²) in [6.07, 6.45) is 0.916. The number of nitrogens with one attached hydrogen (secondary N) is 1. The number of amides is 2. The second kappa shape index (κ2) is 10.1. The highest BCUT2D eigenvalue weighted by Gasteiger charge is 2.45. The molecule has 2 aromatic rings. The fourth-order valence-electron chi connectivity index (χ4n) is 5.38. The molecule has 186 valence electrons. The molecule has 2 amide bonds. The fourth-order valence-corrected chi connectivity index (χ4v) is 5.38. The molecule has 2 unspecified atom stereocenters. The van der Waals surface area contributed by atoms with E-state index in [4.69, 9.17) is 4.74 Å². The number of rotatable bonds is 8. The van der Waals surface area contributed by atoms with Crippen molar-refractivity contribution in [3.05, 3.63) is 59.7 Å². The van der Waals surface area contributed by atoms with Gasteiger partial charge in [-0.05, 0) is 40.5 Å². The minimum Gasteiger partial charge on any atom is -0.481 e. The predicted molar refractivity (Wildman–Crippen MR) is 133 cm³/mol. The molecule has 7 heteroatoms. The maximum absolute atomic E-state index is 12.7. The van der Waals surface area contributed by atoms with Gasteiger partial charge in [-0.2, -0.15) is 0 Å². The monoisotopic (exact) mass is 478 g/mol. The molecule has 0 radical (unpaired) electrons. The summed E-state index contributed by atoms with van der Waals surface area (Å²) in [6, 6.07) is 16.2. The summed E-state index contributed by atoms with van der Waals surface area (Å²) in [5.74, 6) is -1.51. The molecule has 2 aromatic carbocycles.